The Hall–Kier alpha value is -3.80. The fourth-order valence-corrected chi connectivity index (χ4v) is 3.93. The number of para-hydroxylation sites is 1. The lowest BCUT2D eigenvalue weighted by molar-refractivity contribution is 0.102. The maximum absolute atomic E-state index is 12.8. The lowest BCUT2D eigenvalue weighted by atomic mass is 10.1. The first kappa shape index (κ1) is 21.4. The van der Waals surface area contributed by atoms with E-state index in [1.165, 1.54) is 0 Å². The Labute approximate surface area is 188 Å². The number of hydrogen-bond donors (Lipinski definition) is 3. The van der Waals surface area contributed by atoms with Crippen LogP contribution in [0.5, 0.6) is 0 Å². The van der Waals surface area contributed by atoms with Gasteiger partial charge in [-0.05, 0) is 68.7 Å². The van der Waals surface area contributed by atoms with E-state index in [9.17, 15) is 9.59 Å². The van der Waals surface area contributed by atoms with E-state index in [1.54, 1.807) is 6.07 Å². The van der Waals surface area contributed by atoms with Crippen LogP contribution in [0, 0.1) is 13.8 Å². The van der Waals surface area contributed by atoms with E-state index in [2.05, 4.69) is 20.9 Å². The summed E-state index contributed by atoms with van der Waals surface area (Å²) >= 11 is 0. The zero-order valence-corrected chi connectivity index (χ0v) is 18.4. The second-order valence-corrected chi connectivity index (χ2v) is 8.14. The maximum atomic E-state index is 12.8. The summed E-state index contributed by atoms with van der Waals surface area (Å²) in [5, 5.41) is 8.84. The van der Waals surface area contributed by atoms with E-state index >= 15 is 0 Å². The maximum Gasteiger partial charge on any atom is 0.323 e. The molecule has 6 heteroatoms. The number of hydrogen-bond acceptors (Lipinski definition) is 3. The summed E-state index contributed by atoms with van der Waals surface area (Å²) in [6.45, 7) is 5.80. The van der Waals surface area contributed by atoms with Gasteiger partial charge in [0.1, 0.15) is 0 Å². The third kappa shape index (κ3) is 5.09. The topological polar surface area (TPSA) is 73.5 Å². The average molecular weight is 429 g/mol. The Morgan fingerprint density at radius 1 is 0.781 bits per heavy atom. The third-order valence-electron chi connectivity index (χ3n) is 5.62. The molecule has 0 radical (unpaired) electrons. The van der Waals surface area contributed by atoms with Crippen LogP contribution in [-0.2, 0) is 0 Å². The first-order chi connectivity index (χ1) is 15.5. The van der Waals surface area contributed by atoms with E-state index in [0.717, 1.165) is 48.4 Å². The predicted octanol–water partition coefficient (Wildman–Crippen LogP) is 5.80. The first-order valence-electron chi connectivity index (χ1n) is 10.9. The summed E-state index contributed by atoms with van der Waals surface area (Å²) in [5.41, 5.74) is 5.62. The van der Waals surface area contributed by atoms with Crippen LogP contribution >= 0.6 is 0 Å². The summed E-state index contributed by atoms with van der Waals surface area (Å²) in [5.74, 6) is -0.182. The van der Waals surface area contributed by atoms with Gasteiger partial charge in [-0.1, -0.05) is 35.9 Å². The van der Waals surface area contributed by atoms with Crippen LogP contribution in [0.1, 0.15) is 34.3 Å². The molecule has 164 valence electrons. The molecule has 3 N–H and O–H groups in total. The molecule has 0 atom stereocenters. The highest BCUT2D eigenvalue weighted by molar-refractivity contribution is 6.06. The molecule has 3 aromatic carbocycles. The van der Waals surface area contributed by atoms with Crippen molar-refractivity contribution in [3.63, 3.8) is 0 Å². The largest absolute Gasteiger partial charge is 0.370 e. The number of nitrogens with one attached hydrogen (secondary N) is 3. The van der Waals surface area contributed by atoms with Gasteiger partial charge in [0.15, 0.2) is 0 Å². The molecular weight excluding hydrogens is 400 g/mol. The Balaban J connectivity index is 1.56. The van der Waals surface area contributed by atoms with Crippen molar-refractivity contribution in [1.82, 2.24) is 0 Å². The van der Waals surface area contributed by atoms with Crippen LogP contribution in [0.3, 0.4) is 0 Å². The molecule has 1 saturated heterocycles. The average Bonchev–Trinajstić information content (AvgIpc) is 3.30. The van der Waals surface area contributed by atoms with Crippen molar-refractivity contribution in [3.05, 3.63) is 83.4 Å². The van der Waals surface area contributed by atoms with Crippen LogP contribution in [0.25, 0.3) is 0 Å². The molecule has 0 unspecified atom stereocenters. The number of urea groups is 1. The highest BCUT2D eigenvalue weighted by atomic mass is 16.2. The minimum Gasteiger partial charge on any atom is -0.370 e. The summed E-state index contributed by atoms with van der Waals surface area (Å²) in [4.78, 5) is 27.7. The minimum atomic E-state index is -0.318. The Morgan fingerprint density at radius 3 is 2.28 bits per heavy atom. The van der Waals surface area contributed by atoms with Gasteiger partial charge in [-0.15, -0.1) is 0 Å². The van der Waals surface area contributed by atoms with Gasteiger partial charge < -0.3 is 20.9 Å². The number of carbonyl (C=O) groups excluding carboxylic acids is 2. The molecule has 1 heterocycles. The monoisotopic (exact) mass is 428 g/mol. The van der Waals surface area contributed by atoms with Gasteiger partial charge in [0.2, 0.25) is 0 Å². The van der Waals surface area contributed by atoms with Gasteiger partial charge in [-0.2, -0.15) is 0 Å². The lowest BCUT2D eigenvalue weighted by Crippen LogP contribution is -2.24. The standard InChI is InChI=1S/C26H28N4O2/c1-18-8-7-10-20(16-18)25(31)27-21-12-13-24(30-14-5-6-15-30)23(17-21)29-26(32)28-22-11-4-3-9-19(22)2/h3-4,7-13,16-17H,5-6,14-15H2,1-2H3,(H,27,31)(H2,28,29,32). The van der Waals surface area contributed by atoms with Gasteiger partial charge in [0.05, 0.1) is 11.4 Å². The fourth-order valence-electron chi connectivity index (χ4n) is 3.93. The van der Waals surface area contributed by atoms with Crippen LogP contribution in [-0.4, -0.2) is 25.0 Å². The summed E-state index contributed by atoms with van der Waals surface area (Å²) < 4.78 is 0. The van der Waals surface area contributed by atoms with Crippen molar-refractivity contribution < 1.29 is 9.59 Å². The molecule has 0 spiro atoms. The molecule has 6 nitrogen and oxygen atoms in total. The Kier molecular flexibility index (Phi) is 6.40. The lowest BCUT2D eigenvalue weighted by Gasteiger charge is -2.23. The second-order valence-electron chi connectivity index (χ2n) is 8.14. The van der Waals surface area contributed by atoms with Crippen molar-refractivity contribution in [1.29, 1.82) is 0 Å². The SMILES string of the molecule is Cc1cccc(C(=O)Nc2ccc(N3CCCC3)c(NC(=O)Nc3ccccc3C)c2)c1. The van der Waals surface area contributed by atoms with Crippen LogP contribution in [0.4, 0.5) is 27.5 Å². The van der Waals surface area contributed by atoms with Crippen molar-refractivity contribution in [2.24, 2.45) is 0 Å². The highest BCUT2D eigenvalue weighted by Crippen LogP contribution is 2.32. The first-order valence-corrected chi connectivity index (χ1v) is 10.9. The molecule has 0 aliphatic carbocycles. The van der Waals surface area contributed by atoms with Gasteiger partial charge in [0, 0.05) is 30.0 Å². The summed E-state index contributed by atoms with van der Waals surface area (Å²) in [6.07, 6.45) is 2.25. The predicted molar refractivity (Wildman–Crippen MR) is 131 cm³/mol. The van der Waals surface area contributed by atoms with Gasteiger partial charge in [-0.3, -0.25) is 4.79 Å². The molecule has 4 rings (SSSR count). The Morgan fingerprint density at radius 2 is 1.53 bits per heavy atom. The van der Waals surface area contributed by atoms with Crippen LogP contribution in [0.15, 0.2) is 66.7 Å². The highest BCUT2D eigenvalue weighted by Gasteiger charge is 2.18. The third-order valence-corrected chi connectivity index (χ3v) is 5.62. The van der Waals surface area contributed by atoms with Crippen molar-refractivity contribution >= 4 is 34.7 Å². The van der Waals surface area contributed by atoms with Gasteiger partial charge >= 0.3 is 6.03 Å². The molecule has 3 aromatic rings. The molecular formula is C26H28N4O2. The van der Waals surface area contributed by atoms with Crippen LogP contribution < -0.4 is 20.9 Å². The molecule has 1 aliphatic heterocycles. The fraction of sp³-hybridized carbons (Fsp3) is 0.231. The van der Waals surface area contributed by atoms with E-state index < -0.39 is 0 Å². The molecule has 0 saturated carbocycles. The number of aryl methyl sites for hydroxylation is 2. The number of amides is 3. The van der Waals surface area contributed by atoms with Crippen LogP contribution in [0.2, 0.25) is 0 Å². The zero-order valence-electron chi connectivity index (χ0n) is 18.4. The van der Waals surface area contributed by atoms with Crippen molar-refractivity contribution in [2.45, 2.75) is 26.7 Å². The van der Waals surface area contributed by atoms with E-state index in [0.29, 0.717) is 16.9 Å². The van der Waals surface area contributed by atoms with E-state index in [1.807, 2.05) is 74.5 Å². The zero-order chi connectivity index (χ0) is 22.5. The molecule has 3 amide bonds. The number of nitrogens with zero attached hydrogens (tertiary/aromatic N) is 1. The summed E-state index contributed by atoms with van der Waals surface area (Å²) in [7, 11) is 0. The molecule has 32 heavy (non-hydrogen) atoms. The summed E-state index contributed by atoms with van der Waals surface area (Å²) in [6, 6.07) is 20.4. The number of anilines is 4. The van der Waals surface area contributed by atoms with Gasteiger partial charge in [-0.25, -0.2) is 4.79 Å². The number of rotatable bonds is 5. The normalized spacial score (nSPS) is 13.0. The minimum absolute atomic E-state index is 0.182. The van der Waals surface area contributed by atoms with E-state index in [-0.39, 0.29) is 11.9 Å². The Bertz CT molecular complexity index is 1140. The molecule has 0 bridgehead atoms. The smallest absolute Gasteiger partial charge is 0.323 e. The molecule has 1 fully saturated rings. The molecule has 0 aromatic heterocycles. The quantitative estimate of drug-likeness (QED) is 0.481. The molecule has 1 aliphatic rings. The van der Waals surface area contributed by atoms with Crippen molar-refractivity contribution in [2.75, 3.05) is 33.9 Å². The van der Waals surface area contributed by atoms with Crippen molar-refractivity contribution in [3.8, 4) is 0 Å². The van der Waals surface area contributed by atoms with E-state index in [4.69, 9.17) is 0 Å². The number of carbonyl (C=O) groups is 2. The number of benzene rings is 3. The van der Waals surface area contributed by atoms with Gasteiger partial charge in [0.25, 0.3) is 5.91 Å². The second kappa shape index (κ2) is 9.56.